The molecule has 13 heteroatoms. The van der Waals surface area contributed by atoms with Crippen molar-refractivity contribution >= 4 is 5.82 Å². The Morgan fingerprint density at radius 3 is 1.97 bits per heavy atom. The zero-order valence-electron chi connectivity index (χ0n) is 14.9. The lowest BCUT2D eigenvalue weighted by atomic mass is 10.2. The summed E-state index contributed by atoms with van der Waals surface area (Å²) in [6.07, 6.45) is 1.29. The highest BCUT2D eigenvalue weighted by atomic mass is 19.4. The maximum Gasteiger partial charge on any atom is 0.436 e. The number of alkyl halides is 3. The predicted octanol–water partition coefficient (Wildman–Crippen LogP) is 1.86. The fourth-order valence-electron chi connectivity index (χ4n) is 2.64. The van der Waals surface area contributed by atoms with Crippen LogP contribution in [-0.4, -0.2) is 44.5 Å². The highest BCUT2D eigenvalue weighted by Gasteiger charge is 2.41. The molecule has 0 aliphatic rings. The zero-order chi connectivity index (χ0) is 20.6. The van der Waals surface area contributed by atoms with E-state index in [0.29, 0.717) is 12.2 Å². The van der Waals surface area contributed by atoms with E-state index in [9.17, 15) is 13.2 Å². The Morgan fingerprint density at radius 2 is 1.45 bits per heavy atom. The molecule has 148 valence electrons. The molecule has 0 unspecified atom stereocenters. The van der Waals surface area contributed by atoms with Crippen LogP contribution in [0.15, 0.2) is 36.9 Å². The van der Waals surface area contributed by atoms with Gasteiger partial charge in [0.05, 0.1) is 5.56 Å². The third-order valence-electron chi connectivity index (χ3n) is 3.89. The molecule has 2 N–H and O–H groups in total. The molecule has 0 aromatic carbocycles. The van der Waals surface area contributed by atoms with Crippen molar-refractivity contribution in [1.29, 1.82) is 0 Å². The summed E-state index contributed by atoms with van der Waals surface area (Å²) in [7, 11) is 0. The van der Waals surface area contributed by atoms with Crippen LogP contribution in [0.4, 0.5) is 19.0 Å². The minimum atomic E-state index is -4.80. The maximum atomic E-state index is 13.7. The Morgan fingerprint density at radius 1 is 0.897 bits per heavy atom. The van der Waals surface area contributed by atoms with Crippen LogP contribution in [0.2, 0.25) is 0 Å². The number of nitrogens with zero attached hydrogens (tertiary/aromatic N) is 9. The number of rotatable bonds is 4. The van der Waals surface area contributed by atoms with E-state index in [1.165, 1.54) is 35.5 Å². The van der Waals surface area contributed by atoms with Crippen LogP contribution in [0.25, 0.3) is 23.3 Å². The van der Waals surface area contributed by atoms with Gasteiger partial charge in [0.1, 0.15) is 11.6 Å². The molecular weight excluding hydrogens is 389 g/mol. The molecule has 4 heterocycles. The number of aryl methyl sites for hydroxylation is 1. The van der Waals surface area contributed by atoms with E-state index in [1.54, 1.807) is 13.0 Å². The second-order valence-corrected chi connectivity index (χ2v) is 5.73. The number of hydrogen-bond acceptors (Lipinski definition) is 8. The molecule has 0 spiro atoms. The highest BCUT2D eigenvalue weighted by Crippen LogP contribution is 2.39. The van der Waals surface area contributed by atoms with Gasteiger partial charge in [-0.2, -0.15) is 27.6 Å². The van der Waals surface area contributed by atoms with E-state index >= 15 is 0 Å². The van der Waals surface area contributed by atoms with Crippen molar-refractivity contribution in [3.8, 4) is 23.3 Å². The molecular formula is C16H13F3N10. The summed E-state index contributed by atoms with van der Waals surface area (Å²) in [4.78, 5) is 20.2. The third-order valence-corrected chi connectivity index (χ3v) is 3.89. The van der Waals surface area contributed by atoms with Crippen LogP contribution in [0.1, 0.15) is 18.4 Å². The summed E-state index contributed by atoms with van der Waals surface area (Å²) in [5.41, 5.74) is 4.30. The Bertz CT molecular complexity index is 1140. The Balaban J connectivity index is 1.93. The summed E-state index contributed by atoms with van der Waals surface area (Å²) in [5, 5.41) is 7.76. The molecule has 0 amide bonds. The van der Waals surface area contributed by atoms with Crippen molar-refractivity contribution in [1.82, 2.24) is 44.5 Å². The molecule has 0 atom stereocenters. The van der Waals surface area contributed by atoms with Gasteiger partial charge in [0.25, 0.3) is 11.9 Å². The van der Waals surface area contributed by atoms with E-state index in [2.05, 4.69) is 35.1 Å². The summed E-state index contributed by atoms with van der Waals surface area (Å²) in [6.45, 7) is 1.78. The zero-order valence-corrected chi connectivity index (χ0v) is 14.9. The van der Waals surface area contributed by atoms with Gasteiger partial charge in [-0.05, 0) is 12.1 Å². The first-order valence-electron chi connectivity index (χ1n) is 8.37. The monoisotopic (exact) mass is 402 g/mol. The van der Waals surface area contributed by atoms with E-state index < -0.39 is 17.4 Å². The summed E-state index contributed by atoms with van der Waals surface area (Å²) in [6, 6.07) is 3.13. The number of aromatic nitrogens is 9. The lowest BCUT2D eigenvalue weighted by molar-refractivity contribution is -0.140. The fourth-order valence-corrected chi connectivity index (χ4v) is 2.64. The molecule has 0 aliphatic heterocycles. The molecule has 0 aliphatic carbocycles. The second-order valence-electron chi connectivity index (χ2n) is 5.73. The normalized spacial score (nSPS) is 11.7. The molecule has 0 saturated carbocycles. The molecule has 0 fully saturated rings. The Hall–Kier alpha value is -3.90. The van der Waals surface area contributed by atoms with Gasteiger partial charge < -0.3 is 5.73 Å². The summed E-state index contributed by atoms with van der Waals surface area (Å²) < 4.78 is 43.2. The number of anilines is 1. The van der Waals surface area contributed by atoms with E-state index in [4.69, 9.17) is 5.73 Å². The van der Waals surface area contributed by atoms with Gasteiger partial charge in [-0.25, -0.2) is 24.9 Å². The standard InChI is InChI=1S/C16H13F3N10/c1-2-9-25-13(27-28(9)14-21-5-3-6-22-14)10-11(16(17,18)19)26-29(12(10)20)15-23-7-4-8-24-15/h3-8H,2,20H2,1H3. The largest absolute Gasteiger partial charge is 0.436 e. The molecule has 10 nitrogen and oxygen atoms in total. The van der Waals surface area contributed by atoms with E-state index in [0.717, 1.165) is 4.68 Å². The van der Waals surface area contributed by atoms with Crippen molar-refractivity contribution in [2.75, 3.05) is 5.73 Å². The van der Waals surface area contributed by atoms with Gasteiger partial charge in [0, 0.05) is 31.2 Å². The van der Waals surface area contributed by atoms with Gasteiger partial charge >= 0.3 is 6.18 Å². The summed E-state index contributed by atoms with van der Waals surface area (Å²) >= 11 is 0. The van der Waals surface area contributed by atoms with Gasteiger partial charge in [-0.15, -0.1) is 5.10 Å². The summed E-state index contributed by atoms with van der Waals surface area (Å²) in [5.74, 6) is -0.154. The number of nitrogen functional groups attached to an aromatic ring is 1. The smallest absolute Gasteiger partial charge is 0.383 e. The van der Waals surface area contributed by atoms with Crippen molar-refractivity contribution in [3.63, 3.8) is 0 Å². The lowest BCUT2D eigenvalue weighted by Gasteiger charge is -2.03. The molecule has 4 aromatic heterocycles. The second kappa shape index (κ2) is 6.92. The van der Waals surface area contributed by atoms with Gasteiger partial charge in [0.2, 0.25) is 0 Å². The quantitative estimate of drug-likeness (QED) is 0.548. The number of hydrogen-bond donors (Lipinski definition) is 1. The minimum Gasteiger partial charge on any atom is -0.383 e. The van der Waals surface area contributed by atoms with Crippen LogP contribution >= 0.6 is 0 Å². The van der Waals surface area contributed by atoms with Crippen LogP contribution in [0, 0.1) is 0 Å². The Kier molecular flexibility index (Phi) is 4.41. The van der Waals surface area contributed by atoms with Crippen LogP contribution in [0.5, 0.6) is 0 Å². The van der Waals surface area contributed by atoms with Crippen molar-refractivity contribution in [3.05, 3.63) is 48.4 Å². The third kappa shape index (κ3) is 3.26. The first-order valence-corrected chi connectivity index (χ1v) is 8.37. The van der Waals surface area contributed by atoms with Crippen LogP contribution in [-0.2, 0) is 12.6 Å². The maximum absolute atomic E-state index is 13.7. The topological polar surface area (TPSA) is 126 Å². The van der Waals surface area contributed by atoms with Crippen LogP contribution < -0.4 is 5.73 Å². The predicted molar refractivity (Wildman–Crippen MR) is 93.9 cm³/mol. The molecule has 4 aromatic rings. The van der Waals surface area contributed by atoms with Gasteiger partial charge in [-0.1, -0.05) is 6.92 Å². The highest BCUT2D eigenvalue weighted by molar-refractivity contribution is 5.73. The molecule has 29 heavy (non-hydrogen) atoms. The average molecular weight is 402 g/mol. The van der Waals surface area contributed by atoms with E-state index in [1.807, 2.05) is 0 Å². The van der Waals surface area contributed by atoms with E-state index in [-0.39, 0.29) is 23.5 Å². The minimum absolute atomic E-state index is 0.108. The first-order chi connectivity index (χ1) is 13.9. The Labute approximate surface area is 161 Å². The SMILES string of the molecule is CCc1nc(-c2c(C(F)(F)F)nn(-c3ncccn3)c2N)nn1-c1ncccn1. The van der Waals surface area contributed by atoms with Crippen LogP contribution in [0.3, 0.4) is 0 Å². The number of nitrogens with two attached hydrogens (primary N) is 1. The molecule has 0 radical (unpaired) electrons. The average Bonchev–Trinajstić information content (AvgIpc) is 3.30. The van der Waals surface area contributed by atoms with Gasteiger partial charge in [-0.3, -0.25) is 0 Å². The van der Waals surface area contributed by atoms with Crippen molar-refractivity contribution in [2.24, 2.45) is 0 Å². The molecule has 0 saturated heterocycles. The van der Waals surface area contributed by atoms with Crippen molar-refractivity contribution < 1.29 is 13.2 Å². The molecule has 4 rings (SSSR count). The van der Waals surface area contributed by atoms with Crippen molar-refractivity contribution in [2.45, 2.75) is 19.5 Å². The molecule has 0 bridgehead atoms. The first kappa shape index (κ1) is 18.5. The number of halogens is 3. The van der Waals surface area contributed by atoms with Gasteiger partial charge in [0.15, 0.2) is 11.5 Å². The fraction of sp³-hybridized carbons (Fsp3) is 0.188. The lowest BCUT2D eigenvalue weighted by Crippen LogP contribution is -2.10.